The van der Waals surface area contributed by atoms with Crippen LogP contribution >= 0.6 is 15.6 Å². The molecule has 5 unspecified atom stereocenters. The first-order chi connectivity index (χ1) is 48.7. The van der Waals surface area contributed by atoms with E-state index in [1.807, 2.05) is 12.2 Å². The molecule has 0 aliphatic heterocycles. The Bertz CT molecular complexity index is 2420. The molecular weight excluding hydrogens is 1310 g/mol. The number of allylic oxidation sites excluding steroid dienone is 22. The van der Waals surface area contributed by atoms with E-state index in [1.54, 1.807) is 0 Å². The smallest absolute Gasteiger partial charge is 0.462 e. The molecule has 0 aromatic heterocycles. The Kier molecular flexibility index (Phi) is 69.1. The molecule has 100 heavy (non-hydrogen) atoms. The van der Waals surface area contributed by atoms with Gasteiger partial charge in [0.15, 0.2) is 12.2 Å². The molecule has 0 radical (unpaired) electrons. The molecular formula is C81H136O17P2. The highest BCUT2D eigenvalue weighted by Crippen LogP contribution is 2.45. The van der Waals surface area contributed by atoms with Crippen LogP contribution in [0.3, 0.4) is 0 Å². The predicted molar refractivity (Wildman–Crippen MR) is 408 cm³/mol. The van der Waals surface area contributed by atoms with E-state index in [4.69, 9.17) is 37.0 Å². The summed E-state index contributed by atoms with van der Waals surface area (Å²) in [7, 11) is -9.99. The number of carbonyl (C=O) groups is 4. The van der Waals surface area contributed by atoms with Crippen molar-refractivity contribution in [1.82, 2.24) is 0 Å². The lowest BCUT2D eigenvalue weighted by Gasteiger charge is -2.21. The lowest BCUT2D eigenvalue weighted by atomic mass is 10.1. The third kappa shape index (κ3) is 71.6. The van der Waals surface area contributed by atoms with Crippen molar-refractivity contribution in [2.45, 2.75) is 316 Å². The summed E-state index contributed by atoms with van der Waals surface area (Å²) in [5, 5.41) is 10.6. The Balaban J connectivity index is 5.45. The fourth-order valence-corrected chi connectivity index (χ4v) is 11.3. The maximum Gasteiger partial charge on any atom is 0.472 e. The SMILES string of the molecule is CC/C=C\C/C=C\C/C=C\C/C=C\C/C=C\CCCC(=O)OCC(COP(=O)(O)OCC(O)COP(=O)(O)OCC(COC(=O)CCCC/C=C\C/C=C\C/C=C\C/C=C\CC)OC(=O)CCCCCCC/C=C\CCCCCC)OC(=O)CCCCCCC/C=C\CCCCCCCC. The molecule has 0 fully saturated rings. The molecule has 0 aliphatic rings. The van der Waals surface area contributed by atoms with Gasteiger partial charge >= 0.3 is 39.5 Å². The van der Waals surface area contributed by atoms with Gasteiger partial charge in [-0.15, -0.1) is 0 Å². The second-order valence-corrected chi connectivity index (χ2v) is 28.1. The molecule has 0 aromatic carbocycles. The number of hydrogen-bond acceptors (Lipinski definition) is 15. The third-order valence-electron chi connectivity index (χ3n) is 15.6. The van der Waals surface area contributed by atoms with Gasteiger partial charge in [0.2, 0.25) is 0 Å². The van der Waals surface area contributed by atoms with Gasteiger partial charge in [-0.1, -0.05) is 251 Å². The van der Waals surface area contributed by atoms with Crippen molar-refractivity contribution in [3.8, 4) is 0 Å². The van der Waals surface area contributed by atoms with Crippen LogP contribution in [0.2, 0.25) is 0 Å². The molecule has 0 rings (SSSR count). The first-order valence-corrected chi connectivity index (χ1v) is 41.4. The zero-order valence-corrected chi connectivity index (χ0v) is 64.1. The summed E-state index contributed by atoms with van der Waals surface area (Å²) in [6, 6.07) is 0. The van der Waals surface area contributed by atoms with Crippen molar-refractivity contribution in [2.24, 2.45) is 0 Å². The highest BCUT2D eigenvalue weighted by Gasteiger charge is 2.30. The molecule has 0 saturated carbocycles. The van der Waals surface area contributed by atoms with Gasteiger partial charge in [0.05, 0.1) is 26.4 Å². The lowest BCUT2D eigenvalue weighted by Crippen LogP contribution is -2.30. The summed E-state index contributed by atoms with van der Waals surface area (Å²) in [6.07, 6.45) is 80.2. The van der Waals surface area contributed by atoms with Crippen LogP contribution in [-0.2, 0) is 65.4 Å². The molecule has 0 heterocycles. The molecule has 0 saturated heterocycles. The highest BCUT2D eigenvalue weighted by atomic mass is 31.2. The van der Waals surface area contributed by atoms with Crippen LogP contribution in [0.15, 0.2) is 134 Å². The quantitative estimate of drug-likeness (QED) is 0.0169. The van der Waals surface area contributed by atoms with Gasteiger partial charge < -0.3 is 33.8 Å². The summed E-state index contributed by atoms with van der Waals surface area (Å²) >= 11 is 0. The van der Waals surface area contributed by atoms with E-state index in [0.29, 0.717) is 32.1 Å². The summed E-state index contributed by atoms with van der Waals surface area (Å²) in [5.41, 5.74) is 0. The van der Waals surface area contributed by atoms with Crippen molar-refractivity contribution >= 4 is 39.5 Å². The number of aliphatic hydroxyl groups is 1. The first-order valence-electron chi connectivity index (χ1n) is 38.4. The normalized spacial score (nSPS) is 14.7. The molecule has 19 heteroatoms. The summed E-state index contributed by atoms with van der Waals surface area (Å²) in [4.78, 5) is 72.8. The molecule has 3 N–H and O–H groups in total. The zero-order chi connectivity index (χ0) is 73.2. The van der Waals surface area contributed by atoms with Crippen molar-refractivity contribution in [3.63, 3.8) is 0 Å². The second-order valence-electron chi connectivity index (χ2n) is 25.2. The Hall–Kier alpha value is -4.80. The van der Waals surface area contributed by atoms with Gasteiger partial charge in [-0.2, -0.15) is 0 Å². The number of unbranched alkanes of at least 4 members (excludes halogenated alkanes) is 23. The Morgan fingerprint density at radius 2 is 0.530 bits per heavy atom. The molecule has 0 spiro atoms. The highest BCUT2D eigenvalue weighted by molar-refractivity contribution is 7.47. The van der Waals surface area contributed by atoms with E-state index in [-0.39, 0.29) is 25.7 Å². The van der Waals surface area contributed by atoms with E-state index < -0.39 is 97.5 Å². The number of phosphoric ester groups is 2. The molecule has 0 aromatic rings. The minimum atomic E-state index is -4.99. The Labute approximate surface area is 605 Å². The average Bonchev–Trinajstić information content (AvgIpc) is 1.06. The standard InChI is InChI=1S/C81H136O17P2/c1-5-9-13-17-21-25-29-33-36-37-40-43-46-50-54-58-62-66-79(84)92-72-77(98-81(86)68-64-60-56-52-48-44-39-35-31-27-23-19-15-11-7-3)74-96-100(89,90)94-70-75(82)69-93-99(87,88)95-73-76(97-80(85)67-63-59-55-51-47-41-32-28-24-20-16-12-8-4)71-91-78(83)65-61-57-53-49-45-42-38-34-30-26-22-18-14-10-6-2/h9-10,13-14,21-22,25-26,28,32-36,38-40,43,45,49-50,54,75-77,82H,5-8,11-12,15-20,23-24,27,29-31,37,41-42,44,46-48,51-53,55-74H2,1-4H3,(H,87,88)(H,89,90)/b13-9-,14-10-,25-21-,26-22-,32-28-,36-33-,38-34-,39-35-,43-40-,49-45-,54-50-. The lowest BCUT2D eigenvalue weighted by molar-refractivity contribution is -0.161. The number of carbonyl (C=O) groups excluding carboxylic acids is 4. The van der Waals surface area contributed by atoms with Gasteiger partial charge in [0.1, 0.15) is 19.3 Å². The molecule has 5 atom stereocenters. The predicted octanol–water partition coefficient (Wildman–Crippen LogP) is 22.1. The molecule has 17 nitrogen and oxygen atoms in total. The fraction of sp³-hybridized carbons (Fsp3) is 0.679. The largest absolute Gasteiger partial charge is 0.472 e. The summed E-state index contributed by atoms with van der Waals surface area (Å²) in [6.45, 7) is 4.49. The minimum Gasteiger partial charge on any atom is -0.462 e. The number of phosphoric acid groups is 2. The summed E-state index contributed by atoms with van der Waals surface area (Å²) in [5.74, 6) is -2.31. The number of ether oxygens (including phenoxy) is 4. The number of hydrogen-bond donors (Lipinski definition) is 3. The maximum atomic E-state index is 13.1. The van der Waals surface area contributed by atoms with Gasteiger partial charge in [0, 0.05) is 25.7 Å². The van der Waals surface area contributed by atoms with Crippen molar-refractivity contribution in [2.75, 3.05) is 39.6 Å². The number of aliphatic hydroxyl groups excluding tert-OH is 1. The fourth-order valence-electron chi connectivity index (χ4n) is 9.76. The summed E-state index contributed by atoms with van der Waals surface area (Å²) < 4.78 is 68.4. The Morgan fingerprint density at radius 1 is 0.290 bits per heavy atom. The molecule has 0 amide bonds. The van der Waals surface area contributed by atoms with Crippen LogP contribution < -0.4 is 0 Å². The molecule has 0 aliphatic carbocycles. The van der Waals surface area contributed by atoms with E-state index in [1.165, 1.54) is 64.2 Å². The number of rotatable bonds is 71. The first kappa shape index (κ1) is 95.2. The second kappa shape index (κ2) is 72.5. The van der Waals surface area contributed by atoms with Crippen LogP contribution in [-0.4, -0.2) is 96.7 Å². The van der Waals surface area contributed by atoms with E-state index in [0.717, 1.165) is 148 Å². The molecule has 0 bridgehead atoms. The monoisotopic (exact) mass is 1440 g/mol. The van der Waals surface area contributed by atoms with Gasteiger partial charge in [0.25, 0.3) is 0 Å². The van der Waals surface area contributed by atoms with Crippen molar-refractivity contribution in [3.05, 3.63) is 134 Å². The van der Waals surface area contributed by atoms with Crippen molar-refractivity contribution < 1.29 is 80.2 Å². The topological polar surface area (TPSA) is 237 Å². The van der Waals surface area contributed by atoms with E-state index in [2.05, 4.69) is 149 Å². The van der Waals surface area contributed by atoms with Crippen LogP contribution in [0.5, 0.6) is 0 Å². The third-order valence-corrected chi connectivity index (χ3v) is 17.5. The van der Waals surface area contributed by atoms with Crippen LogP contribution in [0.25, 0.3) is 0 Å². The molecule has 572 valence electrons. The van der Waals surface area contributed by atoms with Crippen molar-refractivity contribution in [1.29, 1.82) is 0 Å². The van der Waals surface area contributed by atoms with E-state index >= 15 is 0 Å². The number of esters is 4. The zero-order valence-electron chi connectivity index (χ0n) is 62.3. The average molecular weight is 1440 g/mol. The van der Waals surface area contributed by atoms with Gasteiger partial charge in [-0.25, -0.2) is 9.13 Å². The Morgan fingerprint density at radius 3 is 0.880 bits per heavy atom. The van der Waals surface area contributed by atoms with Crippen LogP contribution in [0, 0.1) is 0 Å². The van der Waals surface area contributed by atoms with Crippen LogP contribution in [0.1, 0.15) is 297 Å². The maximum absolute atomic E-state index is 13.1. The van der Waals surface area contributed by atoms with E-state index in [9.17, 15) is 43.2 Å². The van der Waals surface area contributed by atoms with Crippen LogP contribution in [0.4, 0.5) is 0 Å². The minimum absolute atomic E-state index is 0.0692. The van der Waals surface area contributed by atoms with Gasteiger partial charge in [-0.05, 0) is 154 Å². The van der Waals surface area contributed by atoms with Gasteiger partial charge in [-0.3, -0.25) is 37.3 Å².